The summed E-state index contributed by atoms with van der Waals surface area (Å²) in [6.45, 7) is 1.21. The van der Waals surface area contributed by atoms with E-state index in [1.165, 1.54) is 42.3 Å². The van der Waals surface area contributed by atoms with Crippen molar-refractivity contribution >= 4 is 27.7 Å². The SMILES string of the molecule is CSC1(CNC2CC(c3cccc(Br)c3)C2)CC1. The summed E-state index contributed by atoms with van der Waals surface area (Å²) in [6.07, 6.45) is 7.67. The Morgan fingerprint density at radius 3 is 2.78 bits per heavy atom. The van der Waals surface area contributed by atoms with Crippen LogP contribution in [0.2, 0.25) is 0 Å². The van der Waals surface area contributed by atoms with Gasteiger partial charge in [-0.25, -0.2) is 0 Å². The molecule has 0 saturated heterocycles. The summed E-state index contributed by atoms with van der Waals surface area (Å²) in [7, 11) is 0. The topological polar surface area (TPSA) is 12.0 Å². The third-order valence-electron chi connectivity index (χ3n) is 4.41. The Bertz CT molecular complexity index is 424. The average molecular weight is 326 g/mol. The van der Waals surface area contributed by atoms with Gasteiger partial charge in [0.05, 0.1) is 0 Å². The standard InChI is InChI=1S/C15H20BrNS/c1-18-15(5-6-15)10-17-14-8-12(9-14)11-3-2-4-13(16)7-11/h2-4,7,12,14,17H,5-6,8-10H2,1H3. The summed E-state index contributed by atoms with van der Waals surface area (Å²) < 4.78 is 1.80. The molecule has 3 heteroatoms. The van der Waals surface area contributed by atoms with Crippen molar-refractivity contribution in [3.8, 4) is 0 Å². The van der Waals surface area contributed by atoms with Crippen LogP contribution in [-0.2, 0) is 0 Å². The summed E-state index contributed by atoms with van der Waals surface area (Å²) in [5.41, 5.74) is 1.49. The van der Waals surface area contributed by atoms with Crippen LogP contribution < -0.4 is 5.32 Å². The van der Waals surface area contributed by atoms with E-state index in [2.05, 4.69) is 51.8 Å². The maximum atomic E-state index is 3.75. The van der Waals surface area contributed by atoms with E-state index in [1.807, 2.05) is 11.8 Å². The first-order chi connectivity index (χ1) is 8.71. The number of hydrogen-bond acceptors (Lipinski definition) is 2. The highest BCUT2D eigenvalue weighted by molar-refractivity contribution is 9.10. The van der Waals surface area contributed by atoms with Crippen LogP contribution in [0.1, 0.15) is 37.2 Å². The number of halogens is 1. The van der Waals surface area contributed by atoms with Gasteiger partial charge in [-0.2, -0.15) is 11.8 Å². The quantitative estimate of drug-likeness (QED) is 0.871. The molecule has 2 aliphatic rings. The summed E-state index contributed by atoms with van der Waals surface area (Å²) in [6, 6.07) is 9.53. The number of rotatable bonds is 5. The van der Waals surface area contributed by atoms with Crippen LogP contribution in [0.15, 0.2) is 28.7 Å². The molecule has 1 aromatic carbocycles. The Morgan fingerprint density at radius 2 is 2.17 bits per heavy atom. The van der Waals surface area contributed by atoms with Crippen molar-refractivity contribution < 1.29 is 0 Å². The molecule has 0 unspecified atom stereocenters. The molecule has 2 aliphatic carbocycles. The molecule has 0 radical (unpaired) electrons. The van der Waals surface area contributed by atoms with E-state index >= 15 is 0 Å². The van der Waals surface area contributed by atoms with Crippen molar-refractivity contribution in [1.29, 1.82) is 0 Å². The maximum Gasteiger partial charge on any atom is 0.0282 e. The molecule has 2 saturated carbocycles. The van der Waals surface area contributed by atoms with Crippen LogP contribution in [-0.4, -0.2) is 23.6 Å². The third kappa shape index (κ3) is 2.78. The Kier molecular flexibility index (Phi) is 3.75. The molecule has 1 N–H and O–H groups in total. The summed E-state index contributed by atoms with van der Waals surface area (Å²) in [5.74, 6) is 0.768. The van der Waals surface area contributed by atoms with E-state index in [0.29, 0.717) is 4.75 Å². The van der Waals surface area contributed by atoms with E-state index < -0.39 is 0 Å². The Labute approximate surface area is 122 Å². The van der Waals surface area contributed by atoms with Crippen LogP contribution in [0.4, 0.5) is 0 Å². The molecule has 0 heterocycles. The van der Waals surface area contributed by atoms with Crippen LogP contribution in [0.5, 0.6) is 0 Å². The van der Waals surface area contributed by atoms with E-state index in [1.54, 1.807) is 0 Å². The van der Waals surface area contributed by atoms with Gasteiger partial charge in [0.1, 0.15) is 0 Å². The van der Waals surface area contributed by atoms with Gasteiger partial charge in [0.2, 0.25) is 0 Å². The Hall–Kier alpha value is 0.01000. The molecule has 0 aliphatic heterocycles. The first-order valence-corrected chi connectivity index (χ1v) is 8.77. The first kappa shape index (κ1) is 13.0. The van der Waals surface area contributed by atoms with Crippen LogP contribution in [0.25, 0.3) is 0 Å². The van der Waals surface area contributed by atoms with Crippen molar-refractivity contribution in [3.05, 3.63) is 34.3 Å². The van der Waals surface area contributed by atoms with Crippen molar-refractivity contribution in [2.75, 3.05) is 12.8 Å². The Morgan fingerprint density at radius 1 is 1.39 bits per heavy atom. The van der Waals surface area contributed by atoms with Gasteiger partial charge in [-0.3, -0.25) is 0 Å². The highest BCUT2D eigenvalue weighted by Gasteiger charge is 2.42. The summed E-state index contributed by atoms with van der Waals surface area (Å²) in [4.78, 5) is 0. The minimum absolute atomic E-state index is 0.598. The molecule has 1 nitrogen and oxygen atoms in total. The fourth-order valence-electron chi connectivity index (χ4n) is 2.74. The average Bonchev–Trinajstić information content (AvgIpc) is 3.08. The molecule has 3 rings (SSSR count). The number of nitrogens with one attached hydrogen (secondary N) is 1. The molecule has 18 heavy (non-hydrogen) atoms. The lowest BCUT2D eigenvalue weighted by molar-refractivity contribution is 0.291. The van der Waals surface area contributed by atoms with Gasteiger partial charge in [-0.15, -0.1) is 0 Å². The fraction of sp³-hybridized carbons (Fsp3) is 0.600. The van der Waals surface area contributed by atoms with Gasteiger partial charge in [0.15, 0.2) is 0 Å². The van der Waals surface area contributed by atoms with Crippen molar-refractivity contribution in [2.45, 2.75) is 42.4 Å². The largest absolute Gasteiger partial charge is 0.313 e. The molecule has 98 valence electrons. The minimum Gasteiger partial charge on any atom is -0.313 e. The van der Waals surface area contributed by atoms with Gasteiger partial charge >= 0.3 is 0 Å². The zero-order chi connectivity index (χ0) is 12.6. The number of benzene rings is 1. The predicted octanol–water partition coefficient (Wildman–Crippen LogP) is 4.18. The van der Waals surface area contributed by atoms with Gasteiger partial charge < -0.3 is 5.32 Å². The molecule has 1 aromatic rings. The molecule has 0 spiro atoms. The van der Waals surface area contributed by atoms with Crippen LogP contribution >= 0.6 is 27.7 Å². The zero-order valence-corrected chi connectivity index (χ0v) is 13.2. The lowest BCUT2D eigenvalue weighted by atomic mass is 9.76. The molecular formula is C15H20BrNS. The van der Waals surface area contributed by atoms with Crippen molar-refractivity contribution in [1.82, 2.24) is 5.32 Å². The van der Waals surface area contributed by atoms with E-state index in [9.17, 15) is 0 Å². The molecule has 2 fully saturated rings. The lowest BCUT2D eigenvalue weighted by Crippen LogP contribution is -2.43. The monoisotopic (exact) mass is 325 g/mol. The van der Waals surface area contributed by atoms with Crippen LogP contribution in [0, 0.1) is 0 Å². The molecule has 0 amide bonds. The molecular weight excluding hydrogens is 306 g/mol. The van der Waals surface area contributed by atoms with Crippen molar-refractivity contribution in [2.24, 2.45) is 0 Å². The molecule has 0 bridgehead atoms. The second-order valence-corrected chi connectivity index (χ2v) is 7.88. The minimum atomic E-state index is 0.598. The zero-order valence-electron chi connectivity index (χ0n) is 10.8. The highest BCUT2D eigenvalue weighted by Crippen LogP contribution is 2.47. The first-order valence-electron chi connectivity index (χ1n) is 6.75. The van der Waals surface area contributed by atoms with E-state index in [0.717, 1.165) is 12.0 Å². The predicted molar refractivity (Wildman–Crippen MR) is 83.4 cm³/mol. The van der Waals surface area contributed by atoms with Gasteiger partial charge in [0.25, 0.3) is 0 Å². The van der Waals surface area contributed by atoms with Gasteiger partial charge in [-0.1, -0.05) is 28.1 Å². The smallest absolute Gasteiger partial charge is 0.0282 e. The fourth-order valence-corrected chi connectivity index (χ4v) is 3.89. The normalized spacial score (nSPS) is 28.8. The van der Waals surface area contributed by atoms with E-state index in [-0.39, 0.29) is 0 Å². The summed E-state index contributed by atoms with van der Waals surface area (Å²) in [5, 5.41) is 3.75. The molecule has 0 atom stereocenters. The van der Waals surface area contributed by atoms with Gasteiger partial charge in [0, 0.05) is 21.8 Å². The number of thioether (sulfide) groups is 1. The second-order valence-electron chi connectivity index (χ2n) is 5.69. The maximum absolute atomic E-state index is 3.75. The highest BCUT2D eigenvalue weighted by atomic mass is 79.9. The van der Waals surface area contributed by atoms with Gasteiger partial charge in [-0.05, 0) is 55.6 Å². The van der Waals surface area contributed by atoms with Crippen LogP contribution in [0.3, 0.4) is 0 Å². The Balaban J connectivity index is 1.46. The van der Waals surface area contributed by atoms with E-state index in [4.69, 9.17) is 0 Å². The summed E-state index contributed by atoms with van der Waals surface area (Å²) >= 11 is 5.60. The number of hydrogen-bond donors (Lipinski definition) is 1. The van der Waals surface area contributed by atoms with Crippen molar-refractivity contribution in [3.63, 3.8) is 0 Å². The molecule has 0 aromatic heterocycles. The second kappa shape index (κ2) is 5.18. The lowest BCUT2D eigenvalue weighted by Gasteiger charge is -2.37. The third-order valence-corrected chi connectivity index (χ3v) is 6.32.